The van der Waals surface area contributed by atoms with Crippen LogP contribution in [0.3, 0.4) is 0 Å². The van der Waals surface area contributed by atoms with Gasteiger partial charge in [-0.05, 0) is 0 Å². The van der Waals surface area contributed by atoms with Gasteiger partial charge in [-0.25, -0.2) is 0 Å². The van der Waals surface area contributed by atoms with Crippen molar-refractivity contribution >= 4 is 16.8 Å². The van der Waals surface area contributed by atoms with Crippen molar-refractivity contribution in [1.29, 1.82) is 0 Å². The standard InChI is InChI=1S/C2H2ClO.Y/c1-2(3)4;/h1H2;/q-1;. The first-order valence-electron chi connectivity index (χ1n) is 0.747. The van der Waals surface area contributed by atoms with Crippen LogP contribution in [0.25, 0.3) is 0 Å². The van der Waals surface area contributed by atoms with Gasteiger partial charge in [-0.3, -0.25) is 0 Å². The molecule has 0 heterocycles. The van der Waals surface area contributed by atoms with E-state index in [1.54, 1.807) is 0 Å². The van der Waals surface area contributed by atoms with Gasteiger partial charge in [-0.1, -0.05) is 11.6 Å². The summed E-state index contributed by atoms with van der Waals surface area (Å²) in [6.07, 6.45) is 0. The summed E-state index contributed by atoms with van der Waals surface area (Å²) in [5.41, 5.74) is 0. The van der Waals surface area contributed by atoms with Gasteiger partial charge in [0.15, 0.2) is 0 Å². The van der Waals surface area contributed by atoms with E-state index in [2.05, 4.69) is 18.5 Å². The zero-order valence-electron chi connectivity index (χ0n) is 2.57. The van der Waals surface area contributed by atoms with Crippen molar-refractivity contribution in [3.8, 4) is 0 Å². The number of hydrogen-bond acceptors (Lipinski definition) is 1. The summed E-state index contributed by atoms with van der Waals surface area (Å²) in [4.78, 5) is 9.10. The third-order valence-corrected chi connectivity index (χ3v) is 0. The summed E-state index contributed by atoms with van der Waals surface area (Å²) in [6, 6.07) is 0. The summed E-state index contributed by atoms with van der Waals surface area (Å²) in [5.74, 6) is 0. The van der Waals surface area contributed by atoms with Crippen LogP contribution in [-0.2, 0) is 37.5 Å². The fourth-order valence-corrected chi connectivity index (χ4v) is 0. The Bertz CT molecular complexity index is 32.6. The van der Waals surface area contributed by atoms with E-state index in [0.717, 1.165) is 0 Å². The molecule has 0 atom stereocenters. The molecule has 0 saturated carbocycles. The van der Waals surface area contributed by atoms with E-state index in [1.165, 1.54) is 0 Å². The van der Waals surface area contributed by atoms with Crippen LogP contribution in [-0.4, -0.2) is 5.24 Å². The monoisotopic (exact) mass is 166 g/mol. The van der Waals surface area contributed by atoms with Crippen molar-refractivity contribution in [1.82, 2.24) is 0 Å². The molecule has 0 aliphatic carbocycles. The maximum atomic E-state index is 9.10. The van der Waals surface area contributed by atoms with Gasteiger partial charge in [0.25, 0.3) is 0 Å². The molecule has 0 aliphatic heterocycles. The number of hydrogen-bond donors (Lipinski definition) is 0. The number of carbonyl (C=O) groups excluding carboxylic acids is 1. The van der Waals surface area contributed by atoms with Gasteiger partial charge in [0.1, 0.15) is 0 Å². The molecule has 0 N–H and O–H groups in total. The molecule has 0 rings (SSSR count). The van der Waals surface area contributed by atoms with Gasteiger partial charge in [0.2, 0.25) is 0 Å². The van der Waals surface area contributed by atoms with Crippen LogP contribution in [0.4, 0.5) is 0 Å². The number of rotatable bonds is 0. The molecule has 27 valence electrons. The molecular weight excluding hydrogens is 164 g/mol. The molecule has 1 nitrogen and oxygen atoms in total. The third kappa shape index (κ3) is 48.7. The molecule has 0 aromatic rings. The third-order valence-electron chi connectivity index (χ3n) is 0. The maximum absolute atomic E-state index is 9.10. The van der Waals surface area contributed by atoms with Crippen molar-refractivity contribution in [2.75, 3.05) is 0 Å². The Hall–Kier alpha value is 0.934. The van der Waals surface area contributed by atoms with Gasteiger partial charge >= 0.3 is 0 Å². The van der Waals surface area contributed by atoms with Crippen molar-refractivity contribution in [3.63, 3.8) is 0 Å². The largest absolute Gasteiger partial charge is 0.323 e. The predicted molar refractivity (Wildman–Crippen MR) is 16.2 cm³/mol. The average Bonchev–Trinajstić information content (AvgIpc) is 0.811. The maximum Gasteiger partial charge on any atom is 0.0851 e. The van der Waals surface area contributed by atoms with Crippen LogP contribution < -0.4 is 0 Å². The fourth-order valence-electron chi connectivity index (χ4n) is 0. The summed E-state index contributed by atoms with van der Waals surface area (Å²) in [7, 11) is 0. The minimum atomic E-state index is -0.611. The van der Waals surface area contributed by atoms with Gasteiger partial charge in [0.05, 0.1) is 5.24 Å². The minimum absolute atomic E-state index is 0. The van der Waals surface area contributed by atoms with Crippen LogP contribution >= 0.6 is 11.6 Å². The van der Waals surface area contributed by atoms with Crippen LogP contribution in [0.2, 0.25) is 0 Å². The zero-order chi connectivity index (χ0) is 3.58. The molecule has 0 aromatic heterocycles. The predicted octanol–water partition coefficient (Wildman–Crippen LogP) is 0.583. The van der Waals surface area contributed by atoms with Crippen LogP contribution in [0, 0.1) is 6.92 Å². The van der Waals surface area contributed by atoms with E-state index in [4.69, 9.17) is 4.79 Å². The van der Waals surface area contributed by atoms with E-state index in [-0.39, 0.29) is 32.7 Å². The Morgan fingerprint density at radius 1 is 1.80 bits per heavy atom. The van der Waals surface area contributed by atoms with E-state index < -0.39 is 5.24 Å². The summed E-state index contributed by atoms with van der Waals surface area (Å²) < 4.78 is 0. The number of carbonyl (C=O) groups is 1. The molecule has 0 spiro atoms. The van der Waals surface area contributed by atoms with Gasteiger partial charge in [-0.15, -0.1) is 0 Å². The Morgan fingerprint density at radius 3 is 1.80 bits per heavy atom. The summed E-state index contributed by atoms with van der Waals surface area (Å²) in [6.45, 7) is 2.77. The second-order valence-electron chi connectivity index (χ2n) is 0.355. The molecule has 0 amide bonds. The summed E-state index contributed by atoms with van der Waals surface area (Å²) in [5, 5.41) is -0.611. The van der Waals surface area contributed by atoms with Crippen molar-refractivity contribution < 1.29 is 37.5 Å². The van der Waals surface area contributed by atoms with Crippen LogP contribution in [0.15, 0.2) is 0 Å². The molecular formula is C2H2ClOY-. The van der Waals surface area contributed by atoms with Crippen molar-refractivity contribution in [2.24, 2.45) is 0 Å². The number of halogens is 1. The Balaban J connectivity index is 0. The average molecular weight is 166 g/mol. The summed E-state index contributed by atoms with van der Waals surface area (Å²) >= 11 is 4.52. The van der Waals surface area contributed by atoms with Crippen LogP contribution in [0.1, 0.15) is 0 Å². The molecule has 1 radical (unpaired) electrons. The van der Waals surface area contributed by atoms with E-state index in [0.29, 0.717) is 0 Å². The molecule has 0 aliphatic rings. The topological polar surface area (TPSA) is 17.1 Å². The molecule has 0 aromatic carbocycles. The van der Waals surface area contributed by atoms with Gasteiger partial charge < -0.3 is 11.7 Å². The van der Waals surface area contributed by atoms with Crippen LogP contribution in [0.5, 0.6) is 0 Å². The zero-order valence-corrected chi connectivity index (χ0v) is 6.16. The van der Waals surface area contributed by atoms with Gasteiger partial charge in [0, 0.05) is 32.7 Å². The van der Waals surface area contributed by atoms with Gasteiger partial charge in [-0.2, -0.15) is 0 Å². The normalized spacial score (nSPS) is 5.00. The Morgan fingerprint density at radius 2 is 1.80 bits per heavy atom. The minimum Gasteiger partial charge on any atom is -0.323 e. The molecule has 5 heavy (non-hydrogen) atoms. The van der Waals surface area contributed by atoms with E-state index in [9.17, 15) is 0 Å². The first-order chi connectivity index (χ1) is 1.73. The quantitative estimate of drug-likeness (QED) is 0.380. The Kier molecular flexibility index (Phi) is 9.21. The first kappa shape index (κ1) is 9.33. The second kappa shape index (κ2) is 4.93. The van der Waals surface area contributed by atoms with E-state index >= 15 is 0 Å². The Labute approximate surface area is 61.0 Å². The van der Waals surface area contributed by atoms with Crippen molar-refractivity contribution in [2.45, 2.75) is 0 Å². The molecule has 0 saturated heterocycles. The second-order valence-corrected chi connectivity index (χ2v) is 0.777. The van der Waals surface area contributed by atoms with Crippen molar-refractivity contribution in [3.05, 3.63) is 6.92 Å². The fraction of sp³-hybridized carbons (Fsp3) is 0. The smallest absolute Gasteiger partial charge is 0.0851 e. The molecule has 0 unspecified atom stereocenters. The molecule has 0 bridgehead atoms. The molecule has 0 fully saturated rings. The SMILES string of the molecule is [CH2-]C(=O)Cl.[Y]. The van der Waals surface area contributed by atoms with E-state index in [1.807, 2.05) is 0 Å². The first-order valence-corrected chi connectivity index (χ1v) is 1.12. The molecule has 3 heteroatoms.